The molecule has 8 heteroatoms. The lowest BCUT2D eigenvalue weighted by Gasteiger charge is -2.15. The third-order valence-corrected chi connectivity index (χ3v) is 5.68. The fraction of sp³-hybridized carbons (Fsp3) is 0.200. The minimum atomic E-state index is -0.274. The first kappa shape index (κ1) is 20.7. The van der Waals surface area contributed by atoms with Crippen LogP contribution in [-0.4, -0.2) is 46.5 Å². The van der Waals surface area contributed by atoms with Gasteiger partial charge in [0.25, 0.3) is 5.91 Å². The van der Waals surface area contributed by atoms with E-state index >= 15 is 0 Å². The lowest BCUT2D eigenvalue weighted by Crippen LogP contribution is -2.19. The smallest absolute Gasteiger partial charge is 0.273 e. The molecule has 0 radical (unpaired) electrons. The average Bonchev–Trinajstić information content (AvgIpc) is 3.57. The molecule has 2 aromatic heterocycles. The predicted molar refractivity (Wildman–Crippen MR) is 127 cm³/mol. The van der Waals surface area contributed by atoms with Crippen LogP contribution < -0.4 is 15.0 Å². The zero-order valence-electron chi connectivity index (χ0n) is 18.3. The molecule has 4 aromatic rings. The number of methoxy groups -OCH3 is 1. The standard InChI is InChI=1S/C25H24N6O2/c1-33-20-9-5-7-18(15-20)22-16-23(29-28-22)25(32)26-19-8-4-6-17(14-19)21-10-11-24(30-27-21)31-12-2-3-13-31/h4-11,14-16H,2-3,12-13H2,1H3,(H,26,32)(H,28,29). The first-order chi connectivity index (χ1) is 16.2. The van der Waals surface area contributed by atoms with E-state index in [4.69, 9.17) is 4.74 Å². The van der Waals surface area contributed by atoms with E-state index < -0.39 is 0 Å². The monoisotopic (exact) mass is 440 g/mol. The molecule has 5 rings (SSSR count). The highest BCUT2D eigenvalue weighted by atomic mass is 16.5. The van der Waals surface area contributed by atoms with Gasteiger partial charge in [-0.05, 0) is 55.3 Å². The molecule has 33 heavy (non-hydrogen) atoms. The maximum Gasteiger partial charge on any atom is 0.273 e. The average molecular weight is 441 g/mol. The van der Waals surface area contributed by atoms with Crippen LogP contribution in [0.4, 0.5) is 11.5 Å². The zero-order chi connectivity index (χ0) is 22.6. The molecule has 3 heterocycles. The van der Waals surface area contributed by atoms with Gasteiger partial charge >= 0.3 is 0 Å². The number of rotatable bonds is 6. The number of hydrogen-bond donors (Lipinski definition) is 2. The molecule has 0 aliphatic carbocycles. The molecule has 8 nitrogen and oxygen atoms in total. The Balaban J connectivity index is 1.29. The van der Waals surface area contributed by atoms with Crippen molar-refractivity contribution < 1.29 is 9.53 Å². The fourth-order valence-corrected chi connectivity index (χ4v) is 3.92. The number of amides is 1. The van der Waals surface area contributed by atoms with Crippen LogP contribution in [0.2, 0.25) is 0 Å². The van der Waals surface area contributed by atoms with E-state index in [9.17, 15) is 4.79 Å². The molecule has 0 bridgehead atoms. The van der Waals surface area contributed by atoms with Gasteiger partial charge in [0.1, 0.15) is 11.4 Å². The third-order valence-electron chi connectivity index (χ3n) is 5.68. The summed E-state index contributed by atoms with van der Waals surface area (Å²) >= 11 is 0. The number of hydrogen-bond acceptors (Lipinski definition) is 6. The summed E-state index contributed by atoms with van der Waals surface area (Å²) in [6.07, 6.45) is 2.39. The van der Waals surface area contributed by atoms with Crippen LogP contribution in [0.5, 0.6) is 5.75 Å². The molecule has 1 saturated heterocycles. The maximum absolute atomic E-state index is 12.8. The Kier molecular flexibility index (Phi) is 5.72. The number of aromatic nitrogens is 4. The van der Waals surface area contributed by atoms with Gasteiger partial charge in [0.05, 0.1) is 18.5 Å². The largest absolute Gasteiger partial charge is 0.497 e. The van der Waals surface area contributed by atoms with Gasteiger partial charge in [0.2, 0.25) is 0 Å². The minimum absolute atomic E-state index is 0.274. The highest BCUT2D eigenvalue weighted by Crippen LogP contribution is 2.25. The summed E-state index contributed by atoms with van der Waals surface area (Å²) in [5.41, 5.74) is 4.21. The van der Waals surface area contributed by atoms with E-state index in [0.29, 0.717) is 17.1 Å². The minimum Gasteiger partial charge on any atom is -0.497 e. The Morgan fingerprint density at radius 1 is 0.939 bits per heavy atom. The van der Waals surface area contributed by atoms with Crippen LogP contribution in [0, 0.1) is 0 Å². The molecule has 0 spiro atoms. The van der Waals surface area contributed by atoms with E-state index in [1.165, 1.54) is 12.8 Å². The Bertz CT molecular complexity index is 1260. The summed E-state index contributed by atoms with van der Waals surface area (Å²) < 4.78 is 5.26. The first-order valence-electron chi connectivity index (χ1n) is 10.9. The maximum atomic E-state index is 12.8. The van der Waals surface area contributed by atoms with Crippen molar-refractivity contribution in [1.82, 2.24) is 20.4 Å². The van der Waals surface area contributed by atoms with E-state index in [1.54, 1.807) is 13.2 Å². The van der Waals surface area contributed by atoms with Crippen LogP contribution in [0.15, 0.2) is 66.7 Å². The highest BCUT2D eigenvalue weighted by molar-refractivity contribution is 6.03. The molecular weight excluding hydrogens is 416 g/mol. The zero-order valence-corrected chi connectivity index (χ0v) is 18.3. The normalized spacial score (nSPS) is 13.2. The molecule has 2 aromatic carbocycles. The summed E-state index contributed by atoms with van der Waals surface area (Å²) in [7, 11) is 1.62. The molecule has 2 N–H and O–H groups in total. The van der Waals surface area contributed by atoms with Crippen LogP contribution in [0.3, 0.4) is 0 Å². The van der Waals surface area contributed by atoms with Crippen molar-refractivity contribution in [3.05, 3.63) is 72.4 Å². The van der Waals surface area contributed by atoms with Gasteiger partial charge in [-0.3, -0.25) is 9.89 Å². The molecule has 1 aliphatic heterocycles. The number of nitrogens with zero attached hydrogens (tertiary/aromatic N) is 4. The van der Waals surface area contributed by atoms with E-state index in [1.807, 2.05) is 60.7 Å². The second-order valence-electron chi connectivity index (χ2n) is 7.90. The molecule has 166 valence electrons. The van der Waals surface area contributed by atoms with Gasteiger partial charge in [-0.25, -0.2) is 0 Å². The Labute approximate surface area is 191 Å². The lowest BCUT2D eigenvalue weighted by molar-refractivity contribution is 0.102. The number of carbonyl (C=O) groups excluding carboxylic acids is 1. The SMILES string of the molecule is COc1cccc(-c2cc(C(=O)Nc3cccc(-c4ccc(N5CCCC5)nn4)c3)[nH]n2)c1. The second-order valence-corrected chi connectivity index (χ2v) is 7.90. The van der Waals surface area contributed by atoms with Crippen molar-refractivity contribution in [3.8, 4) is 28.3 Å². The molecule has 0 unspecified atom stereocenters. The third kappa shape index (κ3) is 4.55. The van der Waals surface area contributed by atoms with Gasteiger partial charge in [0.15, 0.2) is 5.82 Å². The second kappa shape index (κ2) is 9.12. The van der Waals surface area contributed by atoms with Crippen molar-refractivity contribution in [2.75, 3.05) is 30.4 Å². The predicted octanol–water partition coefficient (Wildman–Crippen LogP) is 4.39. The summed E-state index contributed by atoms with van der Waals surface area (Å²) in [5, 5.41) is 18.8. The Morgan fingerprint density at radius 2 is 1.73 bits per heavy atom. The number of anilines is 2. The fourth-order valence-electron chi connectivity index (χ4n) is 3.92. The van der Waals surface area contributed by atoms with Crippen LogP contribution in [-0.2, 0) is 0 Å². The molecule has 1 fully saturated rings. The van der Waals surface area contributed by atoms with Crippen LogP contribution in [0.25, 0.3) is 22.5 Å². The van der Waals surface area contributed by atoms with Gasteiger partial charge < -0.3 is 15.0 Å². The Morgan fingerprint density at radius 3 is 2.48 bits per heavy atom. The molecule has 0 atom stereocenters. The summed E-state index contributed by atoms with van der Waals surface area (Å²) in [6, 6.07) is 20.8. The van der Waals surface area contributed by atoms with E-state index in [0.717, 1.165) is 41.5 Å². The van der Waals surface area contributed by atoms with Crippen molar-refractivity contribution in [2.45, 2.75) is 12.8 Å². The molecule has 1 amide bonds. The molecular formula is C25H24N6O2. The molecule has 0 saturated carbocycles. The quantitative estimate of drug-likeness (QED) is 0.462. The summed E-state index contributed by atoms with van der Waals surface area (Å²) in [4.78, 5) is 15.0. The topological polar surface area (TPSA) is 96.0 Å². The van der Waals surface area contributed by atoms with Crippen molar-refractivity contribution in [3.63, 3.8) is 0 Å². The van der Waals surface area contributed by atoms with Crippen molar-refractivity contribution in [1.29, 1.82) is 0 Å². The number of carbonyl (C=O) groups is 1. The van der Waals surface area contributed by atoms with Gasteiger partial charge in [-0.15, -0.1) is 10.2 Å². The number of ether oxygens (including phenoxy) is 1. The van der Waals surface area contributed by atoms with Crippen molar-refractivity contribution >= 4 is 17.4 Å². The number of H-pyrrole nitrogens is 1. The number of nitrogens with one attached hydrogen (secondary N) is 2. The highest BCUT2D eigenvalue weighted by Gasteiger charge is 2.15. The van der Waals surface area contributed by atoms with E-state index in [-0.39, 0.29) is 5.91 Å². The van der Waals surface area contributed by atoms with Gasteiger partial charge in [-0.2, -0.15) is 5.10 Å². The summed E-state index contributed by atoms with van der Waals surface area (Å²) in [5.74, 6) is 1.37. The van der Waals surface area contributed by atoms with Crippen molar-refractivity contribution in [2.24, 2.45) is 0 Å². The summed E-state index contributed by atoms with van der Waals surface area (Å²) in [6.45, 7) is 2.06. The Hall–Kier alpha value is -4.20. The van der Waals surface area contributed by atoms with Crippen LogP contribution >= 0.6 is 0 Å². The van der Waals surface area contributed by atoms with Gasteiger partial charge in [0, 0.05) is 29.9 Å². The first-order valence-corrected chi connectivity index (χ1v) is 10.9. The number of benzene rings is 2. The molecule has 1 aliphatic rings. The lowest BCUT2D eigenvalue weighted by atomic mass is 10.1. The van der Waals surface area contributed by atoms with Crippen LogP contribution in [0.1, 0.15) is 23.3 Å². The van der Waals surface area contributed by atoms with E-state index in [2.05, 4.69) is 30.6 Å². The van der Waals surface area contributed by atoms with Gasteiger partial charge in [-0.1, -0.05) is 24.3 Å². The number of aromatic amines is 1.